The largest absolute Gasteiger partial charge is 0.314 e. The van der Waals surface area contributed by atoms with E-state index in [1.807, 2.05) is 11.3 Å². The molecule has 1 aromatic heterocycles. The lowest BCUT2D eigenvalue weighted by Gasteiger charge is -2.19. The minimum absolute atomic E-state index is 0.569. The van der Waals surface area contributed by atoms with Crippen LogP contribution in [0.1, 0.15) is 36.3 Å². The van der Waals surface area contributed by atoms with Gasteiger partial charge < -0.3 is 5.32 Å². The zero-order chi connectivity index (χ0) is 11.4. The first-order chi connectivity index (χ1) is 7.04. The number of hydrogen-bond acceptors (Lipinski definition) is 3. The summed E-state index contributed by atoms with van der Waals surface area (Å²) in [5, 5.41) is 4.74. The third kappa shape index (κ3) is 3.58. The van der Waals surface area contributed by atoms with Gasteiger partial charge >= 0.3 is 0 Å². The first-order valence-corrected chi connectivity index (χ1v) is 6.52. The summed E-state index contributed by atoms with van der Waals surface area (Å²) in [4.78, 5) is 5.94. The monoisotopic (exact) mass is 226 g/mol. The predicted molar refractivity (Wildman–Crippen MR) is 67.6 cm³/mol. The Morgan fingerprint density at radius 2 is 2.00 bits per heavy atom. The molecule has 1 aromatic rings. The van der Waals surface area contributed by atoms with E-state index >= 15 is 0 Å². The van der Waals surface area contributed by atoms with Crippen LogP contribution in [0.15, 0.2) is 0 Å². The molecule has 86 valence electrons. The van der Waals surface area contributed by atoms with Crippen LogP contribution in [0.2, 0.25) is 0 Å². The van der Waals surface area contributed by atoms with Crippen molar-refractivity contribution in [2.24, 2.45) is 5.92 Å². The van der Waals surface area contributed by atoms with Crippen molar-refractivity contribution < 1.29 is 0 Å². The van der Waals surface area contributed by atoms with E-state index in [0.29, 0.717) is 12.0 Å². The van der Waals surface area contributed by atoms with Crippen LogP contribution < -0.4 is 5.32 Å². The predicted octanol–water partition coefficient (Wildman–Crippen LogP) is 2.94. The maximum absolute atomic E-state index is 4.58. The van der Waals surface area contributed by atoms with E-state index in [0.717, 1.165) is 13.0 Å². The van der Waals surface area contributed by atoms with E-state index in [9.17, 15) is 0 Å². The SMILES string of the molecule is CCNC(C)C(C)Cc1nc(C)c(C)s1. The van der Waals surface area contributed by atoms with Crippen LogP contribution in [0.5, 0.6) is 0 Å². The van der Waals surface area contributed by atoms with Crippen LogP contribution in [-0.4, -0.2) is 17.6 Å². The zero-order valence-electron chi connectivity index (χ0n) is 10.4. The van der Waals surface area contributed by atoms with Crippen LogP contribution in [0, 0.1) is 19.8 Å². The van der Waals surface area contributed by atoms with Gasteiger partial charge in [0.1, 0.15) is 0 Å². The van der Waals surface area contributed by atoms with Crippen LogP contribution >= 0.6 is 11.3 Å². The van der Waals surface area contributed by atoms with Gasteiger partial charge in [-0.1, -0.05) is 13.8 Å². The molecule has 15 heavy (non-hydrogen) atoms. The summed E-state index contributed by atoms with van der Waals surface area (Å²) in [7, 11) is 0. The summed E-state index contributed by atoms with van der Waals surface area (Å²) < 4.78 is 0. The number of nitrogens with one attached hydrogen (secondary N) is 1. The van der Waals surface area contributed by atoms with Gasteiger partial charge in [0.05, 0.1) is 10.7 Å². The van der Waals surface area contributed by atoms with Gasteiger partial charge in [0.15, 0.2) is 0 Å². The van der Waals surface area contributed by atoms with Crippen LogP contribution in [0.3, 0.4) is 0 Å². The maximum atomic E-state index is 4.58. The summed E-state index contributed by atoms with van der Waals surface area (Å²) in [6.45, 7) is 12.0. The Hall–Kier alpha value is -0.410. The molecule has 0 aliphatic rings. The molecule has 0 amide bonds. The lowest BCUT2D eigenvalue weighted by molar-refractivity contribution is 0.406. The van der Waals surface area contributed by atoms with Gasteiger partial charge in [-0.2, -0.15) is 0 Å². The smallest absolute Gasteiger partial charge is 0.0934 e. The average Bonchev–Trinajstić information content (AvgIpc) is 2.46. The first-order valence-electron chi connectivity index (χ1n) is 5.70. The fourth-order valence-corrected chi connectivity index (χ4v) is 2.68. The van der Waals surface area contributed by atoms with Gasteiger partial charge in [0.25, 0.3) is 0 Å². The minimum atomic E-state index is 0.569. The lowest BCUT2D eigenvalue weighted by atomic mass is 10.0. The molecule has 0 radical (unpaired) electrons. The Bertz CT molecular complexity index is 287. The molecule has 1 N–H and O–H groups in total. The normalized spacial score (nSPS) is 15.3. The second-order valence-electron chi connectivity index (χ2n) is 4.28. The molecule has 1 heterocycles. The summed E-state index contributed by atoms with van der Waals surface area (Å²) in [5.74, 6) is 0.648. The third-order valence-corrected chi connectivity index (χ3v) is 4.04. The van der Waals surface area contributed by atoms with Crippen LogP contribution in [-0.2, 0) is 6.42 Å². The summed E-state index contributed by atoms with van der Waals surface area (Å²) in [5.41, 5.74) is 1.19. The molecular formula is C12H22N2S. The maximum Gasteiger partial charge on any atom is 0.0934 e. The van der Waals surface area contributed by atoms with Crippen LogP contribution in [0.4, 0.5) is 0 Å². The molecule has 2 unspecified atom stereocenters. The fourth-order valence-electron chi connectivity index (χ4n) is 1.60. The van der Waals surface area contributed by atoms with E-state index in [4.69, 9.17) is 0 Å². The highest BCUT2D eigenvalue weighted by molar-refractivity contribution is 7.11. The number of thiazole rings is 1. The van der Waals surface area contributed by atoms with Crippen molar-refractivity contribution in [2.75, 3.05) is 6.54 Å². The molecule has 0 saturated heterocycles. The van der Waals surface area contributed by atoms with E-state index in [-0.39, 0.29) is 0 Å². The third-order valence-electron chi connectivity index (χ3n) is 2.95. The molecule has 3 heteroatoms. The number of nitrogens with zero attached hydrogens (tertiary/aromatic N) is 1. The minimum Gasteiger partial charge on any atom is -0.314 e. The topological polar surface area (TPSA) is 24.9 Å². The molecule has 0 aliphatic carbocycles. The summed E-state index contributed by atoms with van der Waals surface area (Å²) >= 11 is 1.84. The molecule has 0 spiro atoms. The molecule has 2 nitrogen and oxygen atoms in total. The van der Waals surface area contributed by atoms with Crippen molar-refractivity contribution in [1.29, 1.82) is 0 Å². The zero-order valence-corrected chi connectivity index (χ0v) is 11.2. The molecular weight excluding hydrogens is 204 g/mol. The highest BCUT2D eigenvalue weighted by atomic mass is 32.1. The Morgan fingerprint density at radius 1 is 1.33 bits per heavy atom. The molecule has 1 rings (SSSR count). The van der Waals surface area contributed by atoms with Gasteiger partial charge in [-0.3, -0.25) is 0 Å². The molecule has 0 aromatic carbocycles. The summed E-state index contributed by atoms with van der Waals surface area (Å²) in [6, 6.07) is 0.569. The van der Waals surface area contributed by atoms with E-state index in [1.54, 1.807) is 0 Å². The molecule has 0 bridgehead atoms. The summed E-state index contributed by atoms with van der Waals surface area (Å²) in [6.07, 6.45) is 1.09. The molecule has 0 saturated carbocycles. The second-order valence-corrected chi connectivity index (χ2v) is 5.56. The molecule has 2 atom stereocenters. The van der Waals surface area contributed by atoms with Gasteiger partial charge in [-0.15, -0.1) is 11.3 Å². The molecule has 0 fully saturated rings. The number of aryl methyl sites for hydroxylation is 2. The van der Waals surface area contributed by atoms with Gasteiger partial charge in [-0.25, -0.2) is 4.98 Å². The van der Waals surface area contributed by atoms with Crippen molar-refractivity contribution in [3.8, 4) is 0 Å². The van der Waals surface area contributed by atoms with E-state index < -0.39 is 0 Å². The van der Waals surface area contributed by atoms with E-state index in [2.05, 4.69) is 44.9 Å². The molecule has 0 aliphatic heterocycles. The van der Waals surface area contributed by atoms with Crippen molar-refractivity contribution in [2.45, 2.75) is 47.1 Å². The Balaban J connectivity index is 2.54. The number of rotatable bonds is 5. The lowest BCUT2D eigenvalue weighted by Crippen LogP contribution is -2.32. The average molecular weight is 226 g/mol. The first kappa shape index (κ1) is 12.7. The van der Waals surface area contributed by atoms with Gasteiger partial charge in [0.2, 0.25) is 0 Å². The standard InChI is InChI=1S/C12H22N2S/c1-6-13-9(3)8(2)7-12-14-10(4)11(5)15-12/h8-9,13H,6-7H2,1-5H3. The Labute approximate surface area is 97.1 Å². The number of hydrogen-bond donors (Lipinski definition) is 1. The fraction of sp³-hybridized carbons (Fsp3) is 0.750. The number of aromatic nitrogens is 1. The van der Waals surface area contributed by atoms with Crippen LogP contribution in [0.25, 0.3) is 0 Å². The Morgan fingerprint density at radius 3 is 2.47 bits per heavy atom. The van der Waals surface area contributed by atoms with Gasteiger partial charge in [-0.05, 0) is 33.2 Å². The van der Waals surface area contributed by atoms with E-state index in [1.165, 1.54) is 15.6 Å². The highest BCUT2D eigenvalue weighted by Crippen LogP contribution is 2.20. The second kappa shape index (κ2) is 5.61. The van der Waals surface area contributed by atoms with Crippen molar-refractivity contribution in [3.05, 3.63) is 15.6 Å². The van der Waals surface area contributed by atoms with Crippen molar-refractivity contribution in [1.82, 2.24) is 10.3 Å². The van der Waals surface area contributed by atoms with Gasteiger partial charge in [0, 0.05) is 17.3 Å². The van der Waals surface area contributed by atoms with Crippen molar-refractivity contribution in [3.63, 3.8) is 0 Å². The Kier molecular flexibility index (Phi) is 4.74. The van der Waals surface area contributed by atoms with Crippen molar-refractivity contribution >= 4 is 11.3 Å². The quantitative estimate of drug-likeness (QED) is 0.835. The highest BCUT2D eigenvalue weighted by Gasteiger charge is 2.14.